The fraction of sp³-hybridized carbons (Fsp3) is 0.292. The lowest BCUT2D eigenvalue weighted by atomic mass is 10.3. The molecule has 0 aliphatic carbocycles. The first kappa shape index (κ1) is 26.2. The molecule has 3 aromatic heterocycles. The van der Waals surface area contributed by atoms with Gasteiger partial charge in [-0.1, -0.05) is 17.7 Å². The van der Waals surface area contributed by atoms with Gasteiger partial charge in [0.05, 0.1) is 11.7 Å². The third-order valence-corrected chi connectivity index (χ3v) is 9.79. The van der Waals surface area contributed by atoms with Gasteiger partial charge in [-0.15, -0.1) is 11.3 Å². The maximum atomic E-state index is 13.8. The van der Waals surface area contributed by atoms with Gasteiger partial charge in [-0.05, 0) is 31.2 Å². The van der Waals surface area contributed by atoms with E-state index in [9.17, 15) is 18.0 Å². The number of aromatic nitrogens is 4. The van der Waals surface area contributed by atoms with Crippen molar-refractivity contribution >= 4 is 60.7 Å². The van der Waals surface area contributed by atoms with E-state index in [4.69, 9.17) is 11.6 Å². The summed E-state index contributed by atoms with van der Waals surface area (Å²) >= 11 is 7.18. The Labute approximate surface area is 228 Å². The van der Waals surface area contributed by atoms with Crippen LogP contribution in [0.1, 0.15) is 4.88 Å². The molecule has 11 nitrogen and oxygen atoms in total. The zero-order valence-corrected chi connectivity index (χ0v) is 23.0. The van der Waals surface area contributed by atoms with E-state index in [2.05, 4.69) is 15.0 Å². The molecule has 1 amide bonds. The average molecular weight is 574 g/mol. The Hall–Kier alpha value is -3.39. The number of aryl methyl sites for hydroxylation is 1. The molecule has 0 saturated carbocycles. The number of carbonyl (C=O) groups excluding carboxylic acids is 1. The molecular formula is C24H24ClN7O4S2. The number of likely N-dealkylation sites (N-methyl/N-ethyl adjacent to an activating group) is 1. The molecule has 14 heteroatoms. The monoisotopic (exact) mass is 573 g/mol. The van der Waals surface area contributed by atoms with Crippen LogP contribution in [0.15, 0.2) is 58.7 Å². The minimum atomic E-state index is -4.00. The largest absolute Gasteiger partial charge is 0.338 e. The summed E-state index contributed by atoms with van der Waals surface area (Å²) in [4.78, 5) is 43.3. The number of thiophene rings is 1. The maximum absolute atomic E-state index is 13.8. The third-order valence-electron chi connectivity index (χ3n) is 6.35. The van der Waals surface area contributed by atoms with Crippen LogP contribution < -0.4 is 15.4 Å². The van der Waals surface area contributed by atoms with Gasteiger partial charge in [-0.25, -0.2) is 23.4 Å². The minimum Gasteiger partial charge on any atom is -0.338 e. The molecule has 1 aliphatic heterocycles. The fourth-order valence-corrected chi connectivity index (χ4v) is 7.60. The van der Waals surface area contributed by atoms with Crippen LogP contribution in [0.25, 0.3) is 10.2 Å². The number of fused-ring (bicyclic) bond motifs is 1. The first-order chi connectivity index (χ1) is 18.2. The zero-order valence-electron chi connectivity index (χ0n) is 20.6. The van der Waals surface area contributed by atoms with E-state index in [1.165, 1.54) is 15.5 Å². The number of piperazine rings is 1. The Morgan fingerprint density at radius 2 is 1.82 bits per heavy atom. The second kappa shape index (κ2) is 10.4. The van der Waals surface area contributed by atoms with Crippen molar-refractivity contribution in [2.75, 3.05) is 43.0 Å². The van der Waals surface area contributed by atoms with Crippen molar-refractivity contribution in [3.8, 4) is 0 Å². The summed E-state index contributed by atoms with van der Waals surface area (Å²) in [5.41, 5.74) is -0.0126. The maximum Gasteiger partial charge on any atom is 0.263 e. The quantitative estimate of drug-likeness (QED) is 0.345. The third kappa shape index (κ3) is 4.89. The Bertz CT molecular complexity index is 1670. The predicted octanol–water partition coefficient (Wildman–Crippen LogP) is 2.38. The van der Waals surface area contributed by atoms with Gasteiger partial charge in [0, 0.05) is 61.2 Å². The number of halogens is 1. The first-order valence-electron chi connectivity index (χ1n) is 11.7. The molecule has 0 unspecified atom stereocenters. The Morgan fingerprint density at radius 1 is 1.11 bits per heavy atom. The number of hydrogen-bond donors (Lipinski definition) is 0. The molecule has 0 bridgehead atoms. The van der Waals surface area contributed by atoms with Crippen LogP contribution in [-0.4, -0.2) is 71.4 Å². The number of benzene rings is 1. The minimum absolute atomic E-state index is 0.00188. The van der Waals surface area contributed by atoms with E-state index in [0.29, 0.717) is 39.5 Å². The van der Waals surface area contributed by atoms with E-state index in [1.54, 1.807) is 56.7 Å². The van der Waals surface area contributed by atoms with Crippen LogP contribution in [0.2, 0.25) is 5.02 Å². The molecule has 0 spiro atoms. The molecule has 0 atom stereocenters. The predicted molar refractivity (Wildman–Crippen MR) is 146 cm³/mol. The number of carbonyl (C=O) groups is 1. The van der Waals surface area contributed by atoms with Crippen LogP contribution >= 0.6 is 22.9 Å². The highest BCUT2D eigenvalue weighted by atomic mass is 35.5. The lowest BCUT2D eigenvalue weighted by Gasteiger charge is -2.33. The average Bonchev–Trinajstić information content (AvgIpc) is 3.27. The Kier molecular flexibility index (Phi) is 7.18. The fourth-order valence-electron chi connectivity index (χ4n) is 4.33. The van der Waals surface area contributed by atoms with Gasteiger partial charge in [0.25, 0.3) is 5.56 Å². The number of hydrogen-bond acceptors (Lipinski definition) is 9. The van der Waals surface area contributed by atoms with Gasteiger partial charge in [-0.3, -0.25) is 14.2 Å². The molecular weight excluding hydrogens is 550 g/mol. The lowest BCUT2D eigenvalue weighted by molar-refractivity contribution is -0.118. The molecule has 1 aromatic carbocycles. The highest BCUT2D eigenvalue weighted by Gasteiger charge is 2.34. The van der Waals surface area contributed by atoms with Crippen molar-refractivity contribution in [2.24, 2.45) is 0 Å². The molecule has 1 saturated heterocycles. The summed E-state index contributed by atoms with van der Waals surface area (Å²) in [6.45, 7) is 2.61. The lowest BCUT2D eigenvalue weighted by Crippen LogP contribution is -2.49. The SMILES string of the molecule is Cc1sc2ncn(CC(=O)N(C)c3cccc(Cl)c3)c(=O)c2c1S(=O)(=O)N1CCN(c2ncccn2)CC1. The zero-order chi connectivity index (χ0) is 27.0. The van der Waals surface area contributed by atoms with Crippen molar-refractivity contribution in [1.82, 2.24) is 23.8 Å². The van der Waals surface area contributed by atoms with Crippen LogP contribution in [0, 0.1) is 6.92 Å². The first-order valence-corrected chi connectivity index (χ1v) is 14.3. The number of amides is 1. The van der Waals surface area contributed by atoms with Gasteiger partial charge >= 0.3 is 0 Å². The summed E-state index contributed by atoms with van der Waals surface area (Å²) in [6.07, 6.45) is 4.56. The summed E-state index contributed by atoms with van der Waals surface area (Å²) in [5.74, 6) is 0.160. The highest BCUT2D eigenvalue weighted by molar-refractivity contribution is 7.89. The van der Waals surface area contributed by atoms with Crippen molar-refractivity contribution < 1.29 is 13.2 Å². The molecule has 4 heterocycles. The molecule has 1 aliphatic rings. The van der Waals surface area contributed by atoms with E-state index >= 15 is 0 Å². The van der Waals surface area contributed by atoms with Gasteiger partial charge in [0.2, 0.25) is 21.9 Å². The van der Waals surface area contributed by atoms with Crippen LogP contribution in [-0.2, 0) is 21.4 Å². The number of nitrogens with zero attached hydrogens (tertiary/aromatic N) is 7. The van der Waals surface area contributed by atoms with Crippen molar-refractivity contribution in [3.63, 3.8) is 0 Å². The van der Waals surface area contributed by atoms with Crippen LogP contribution in [0.4, 0.5) is 11.6 Å². The summed E-state index contributed by atoms with van der Waals surface area (Å²) in [5, 5.41) is 0.477. The molecule has 198 valence electrons. The second-order valence-corrected chi connectivity index (χ2v) is 12.2. The number of rotatable bonds is 6. The van der Waals surface area contributed by atoms with Crippen molar-refractivity contribution in [3.05, 3.63) is 69.3 Å². The standard InChI is InChI=1S/C24H24ClN7O4S2/c1-16-21(38(35,36)32-11-9-30(10-12-32)24-26-7-4-8-27-24)20-22(37-16)28-15-31(23(20)34)14-19(33)29(2)18-6-3-5-17(25)13-18/h3-8,13,15H,9-12,14H2,1-2H3. The van der Waals surface area contributed by atoms with Crippen molar-refractivity contribution in [1.29, 1.82) is 0 Å². The molecule has 0 N–H and O–H groups in total. The van der Waals surface area contributed by atoms with Gasteiger partial charge < -0.3 is 9.80 Å². The van der Waals surface area contributed by atoms with E-state index in [1.807, 2.05) is 4.90 Å². The Morgan fingerprint density at radius 3 is 2.50 bits per heavy atom. The molecule has 5 rings (SSSR count). The van der Waals surface area contributed by atoms with E-state index in [-0.39, 0.29) is 35.8 Å². The van der Waals surface area contributed by atoms with Gasteiger partial charge in [0.15, 0.2) is 0 Å². The smallest absolute Gasteiger partial charge is 0.263 e. The highest BCUT2D eigenvalue weighted by Crippen LogP contribution is 2.33. The Balaban J connectivity index is 1.42. The van der Waals surface area contributed by atoms with Crippen molar-refractivity contribution in [2.45, 2.75) is 18.4 Å². The van der Waals surface area contributed by atoms with Gasteiger partial charge in [-0.2, -0.15) is 4.31 Å². The topological polar surface area (TPSA) is 122 Å². The number of sulfonamides is 1. The molecule has 0 radical (unpaired) electrons. The second-order valence-electron chi connectivity index (χ2n) is 8.72. The summed E-state index contributed by atoms with van der Waals surface area (Å²) in [6, 6.07) is 8.50. The van der Waals surface area contributed by atoms with E-state index in [0.717, 1.165) is 15.9 Å². The molecule has 1 fully saturated rings. The summed E-state index contributed by atoms with van der Waals surface area (Å²) in [7, 11) is -2.42. The normalized spacial score (nSPS) is 14.7. The van der Waals surface area contributed by atoms with Crippen LogP contribution in [0.5, 0.6) is 0 Å². The van der Waals surface area contributed by atoms with Crippen LogP contribution in [0.3, 0.4) is 0 Å². The van der Waals surface area contributed by atoms with Gasteiger partial charge in [0.1, 0.15) is 16.3 Å². The van der Waals surface area contributed by atoms with E-state index < -0.39 is 15.6 Å². The summed E-state index contributed by atoms with van der Waals surface area (Å²) < 4.78 is 30.0. The molecule has 38 heavy (non-hydrogen) atoms. The number of anilines is 2. The molecule has 4 aromatic rings.